The molecule has 25 heavy (non-hydrogen) atoms. The number of carbonyl (C=O) groups is 1. The predicted octanol–water partition coefficient (Wildman–Crippen LogP) is 4.28. The van der Waals surface area contributed by atoms with Gasteiger partial charge in [0.05, 0.1) is 12.2 Å². The number of amides is 1. The van der Waals surface area contributed by atoms with Gasteiger partial charge in [0.15, 0.2) is 5.69 Å². The van der Waals surface area contributed by atoms with Crippen molar-refractivity contribution >= 4 is 17.5 Å². The van der Waals surface area contributed by atoms with E-state index in [9.17, 15) is 4.79 Å². The van der Waals surface area contributed by atoms with E-state index >= 15 is 0 Å². The van der Waals surface area contributed by atoms with E-state index in [0.29, 0.717) is 17.3 Å². The average molecular weight is 354 g/mol. The zero-order chi connectivity index (χ0) is 18.1. The second-order valence-corrected chi connectivity index (χ2v) is 6.70. The first kappa shape index (κ1) is 17.2. The molecule has 5 heteroatoms. The molecule has 2 aromatic carbocycles. The standard InChI is InChI=1S/C20H20ClN3O/c1-12-4-6-15(7-5-12)11-24-19(14(3)18(23-24)20(22)25)16-8-9-17(21)13(2)10-16/h4-10H,11H2,1-3H3,(H2,22,25). The zero-order valence-electron chi connectivity index (χ0n) is 14.5. The van der Waals surface area contributed by atoms with E-state index in [0.717, 1.165) is 27.9 Å². The van der Waals surface area contributed by atoms with E-state index in [4.69, 9.17) is 17.3 Å². The summed E-state index contributed by atoms with van der Waals surface area (Å²) in [7, 11) is 0. The van der Waals surface area contributed by atoms with Gasteiger partial charge in [0.1, 0.15) is 0 Å². The molecule has 1 amide bonds. The maximum atomic E-state index is 11.8. The fourth-order valence-electron chi connectivity index (χ4n) is 2.92. The van der Waals surface area contributed by atoms with Crippen LogP contribution in [0.5, 0.6) is 0 Å². The minimum absolute atomic E-state index is 0.301. The molecule has 0 saturated carbocycles. The molecule has 0 spiro atoms. The average Bonchev–Trinajstić information content (AvgIpc) is 2.89. The predicted molar refractivity (Wildman–Crippen MR) is 101 cm³/mol. The zero-order valence-corrected chi connectivity index (χ0v) is 15.3. The van der Waals surface area contributed by atoms with Gasteiger partial charge < -0.3 is 5.73 Å². The van der Waals surface area contributed by atoms with Gasteiger partial charge in [-0.15, -0.1) is 0 Å². The van der Waals surface area contributed by atoms with Gasteiger partial charge in [-0.25, -0.2) is 0 Å². The van der Waals surface area contributed by atoms with E-state index in [1.54, 1.807) is 0 Å². The SMILES string of the molecule is Cc1ccc(Cn2nc(C(N)=O)c(C)c2-c2ccc(Cl)c(C)c2)cc1. The molecular formula is C20H20ClN3O. The van der Waals surface area contributed by atoms with Crippen LogP contribution in [-0.4, -0.2) is 15.7 Å². The molecule has 0 unspecified atom stereocenters. The number of benzene rings is 2. The lowest BCUT2D eigenvalue weighted by Gasteiger charge is -2.10. The molecule has 1 heterocycles. The molecule has 0 aliphatic heterocycles. The summed E-state index contributed by atoms with van der Waals surface area (Å²) in [6.07, 6.45) is 0. The summed E-state index contributed by atoms with van der Waals surface area (Å²) >= 11 is 6.15. The lowest BCUT2D eigenvalue weighted by Crippen LogP contribution is -2.13. The Morgan fingerprint density at radius 2 is 1.80 bits per heavy atom. The van der Waals surface area contributed by atoms with Gasteiger partial charge in [-0.2, -0.15) is 5.10 Å². The van der Waals surface area contributed by atoms with Crippen molar-refractivity contribution in [2.45, 2.75) is 27.3 Å². The molecule has 0 aliphatic carbocycles. The molecular weight excluding hydrogens is 334 g/mol. The summed E-state index contributed by atoms with van der Waals surface area (Å²) in [4.78, 5) is 11.8. The molecule has 0 radical (unpaired) electrons. The fraction of sp³-hybridized carbons (Fsp3) is 0.200. The second kappa shape index (κ2) is 6.73. The lowest BCUT2D eigenvalue weighted by molar-refractivity contribution is 0.0994. The van der Waals surface area contributed by atoms with Crippen LogP contribution >= 0.6 is 11.6 Å². The molecule has 0 fully saturated rings. The number of aromatic nitrogens is 2. The number of primary amides is 1. The van der Waals surface area contributed by atoms with Crippen molar-refractivity contribution in [2.24, 2.45) is 5.73 Å². The normalized spacial score (nSPS) is 10.9. The van der Waals surface area contributed by atoms with Crippen LogP contribution in [0.25, 0.3) is 11.3 Å². The molecule has 3 rings (SSSR count). The molecule has 0 bridgehead atoms. The van der Waals surface area contributed by atoms with Gasteiger partial charge in [-0.1, -0.05) is 47.5 Å². The minimum Gasteiger partial charge on any atom is -0.364 e. The maximum absolute atomic E-state index is 11.8. The first-order valence-electron chi connectivity index (χ1n) is 8.06. The molecule has 0 saturated heterocycles. The van der Waals surface area contributed by atoms with Crippen LogP contribution < -0.4 is 5.73 Å². The van der Waals surface area contributed by atoms with E-state index in [1.165, 1.54) is 5.56 Å². The summed E-state index contributed by atoms with van der Waals surface area (Å²) in [6, 6.07) is 14.1. The monoisotopic (exact) mass is 353 g/mol. The van der Waals surface area contributed by atoms with Crippen molar-refractivity contribution < 1.29 is 4.79 Å². The molecule has 4 nitrogen and oxygen atoms in total. The first-order chi connectivity index (χ1) is 11.9. The maximum Gasteiger partial charge on any atom is 0.269 e. The number of rotatable bonds is 4. The number of hydrogen-bond acceptors (Lipinski definition) is 2. The third kappa shape index (κ3) is 3.44. The van der Waals surface area contributed by atoms with Gasteiger partial charge >= 0.3 is 0 Å². The Balaban J connectivity index is 2.13. The number of carbonyl (C=O) groups excluding carboxylic acids is 1. The smallest absolute Gasteiger partial charge is 0.269 e. The van der Waals surface area contributed by atoms with Gasteiger partial charge in [0, 0.05) is 16.1 Å². The van der Waals surface area contributed by atoms with Crippen LogP contribution in [-0.2, 0) is 6.54 Å². The highest BCUT2D eigenvalue weighted by Gasteiger charge is 2.20. The third-order valence-electron chi connectivity index (χ3n) is 4.31. The number of nitrogens with two attached hydrogens (primary N) is 1. The summed E-state index contributed by atoms with van der Waals surface area (Å²) in [5, 5.41) is 5.17. The lowest BCUT2D eigenvalue weighted by atomic mass is 10.0. The Labute approximate surface area is 152 Å². The van der Waals surface area contributed by atoms with Gasteiger partial charge in [0.25, 0.3) is 5.91 Å². The summed E-state index contributed by atoms with van der Waals surface area (Å²) in [5.41, 5.74) is 11.7. The van der Waals surface area contributed by atoms with Crippen molar-refractivity contribution in [3.05, 3.63) is 75.4 Å². The summed E-state index contributed by atoms with van der Waals surface area (Å²) in [6.45, 7) is 6.44. The highest BCUT2D eigenvalue weighted by molar-refractivity contribution is 6.31. The number of nitrogens with zero attached hydrogens (tertiary/aromatic N) is 2. The van der Waals surface area contributed by atoms with Crippen LogP contribution in [0.15, 0.2) is 42.5 Å². The Morgan fingerprint density at radius 1 is 1.12 bits per heavy atom. The van der Waals surface area contributed by atoms with Crippen molar-refractivity contribution in [1.29, 1.82) is 0 Å². The highest BCUT2D eigenvalue weighted by Crippen LogP contribution is 2.29. The van der Waals surface area contributed by atoms with Crippen LogP contribution in [0, 0.1) is 20.8 Å². The van der Waals surface area contributed by atoms with E-state index in [2.05, 4.69) is 36.3 Å². The van der Waals surface area contributed by atoms with Crippen molar-refractivity contribution in [1.82, 2.24) is 9.78 Å². The number of hydrogen-bond donors (Lipinski definition) is 1. The van der Waals surface area contributed by atoms with Crippen LogP contribution in [0.3, 0.4) is 0 Å². The molecule has 0 aliphatic rings. The Morgan fingerprint density at radius 3 is 2.40 bits per heavy atom. The summed E-state index contributed by atoms with van der Waals surface area (Å²) < 4.78 is 1.84. The van der Waals surface area contributed by atoms with Crippen molar-refractivity contribution in [3.63, 3.8) is 0 Å². The topological polar surface area (TPSA) is 60.9 Å². The van der Waals surface area contributed by atoms with E-state index in [-0.39, 0.29) is 0 Å². The second-order valence-electron chi connectivity index (χ2n) is 6.29. The van der Waals surface area contributed by atoms with E-state index < -0.39 is 5.91 Å². The Kier molecular flexibility index (Phi) is 4.64. The van der Waals surface area contributed by atoms with Crippen LogP contribution in [0.1, 0.15) is 32.7 Å². The fourth-order valence-corrected chi connectivity index (χ4v) is 3.04. The van der Waals surface area contributed by atoms with E-state index in [1.807, 2.05) is 36.7 Å². The quantitative estimate of drug-likeness (QED) is 0.761. The highest BCUT2D eigenvalue weighted by atomic mass is 35.5. The molecule has 3 aromatic rings. The van der Waals surface area contributed by atoms with Crippen molar-refractivity contribution in [3.8, 4) is 11.3 Å². The Bertz CT molecular complexity index is 942. The minimum atomic E-state index is -0.521. The van der Waals surface area contributed by atoms with Gasteiger partial charge in [-0.3, -0.25) is 9.48 Å². The molecule has 128 valence electrons. The van der Waals surface area contributed by atoms with Crippen LogP contribution in [0.4, 0.5) is 0 Å². The third-order valence-corrected chi connectivity index (χ3v) is 4.73. The summed E-state index contributed by atoms with van der Waals surface area (Å²) in [5.74, 6) is -0.521. The van der Waals surface area contributed by atoms with Gasteiger partial charge in [0.2, 0.25) is 0 Å². The number of halogens is 1. The van der Waals surface area contributed by atoms with Crippen LogP contribution in [0.2, 0.25) is 5.02 Å². The largest absolute Gasteiger partial charge is 0.364 e. The van der Waals surface area contributed by atoms with Crippen molar-refractivity contribution in [2.75, 3.05) is 0 Å². The molecule has 2 N–H and O–H groups in total. The molecule has 1 aromatic heterocycles. The van der Waals surface area contributed by atoms with Gasteiger partial charge in [-0.05, 0) is 44.0 Å². The number of aryl methyl sites for hydroxylation is 2. The Hall–Kier alpha value is -2.59. The molecule has 0 atom stereocenters. The first-order valence-corrected chi connectivity index (χ1v) is 8.44.